The maximum atomic E-state index is 13.8. The van der Waals surface area contributed by atoms with Crippen LogP contribution in [-0.2, 0) is 16.0 Å². The topological polar surface area (TPSA) is 84.2 Å². The molecular formula is C31H55N3O2. The average molecular weight is 502 g/mol. The van der Waals surface area contributed by atoms with E-state index in [4.69, 9.17) is 5.73 Å². The highest BCUT2D eigenvalue weighted by Gasteiger charge is 2.38. The molecule has 1 aromatic carbocycles. The van der Waals surface area contributed by atoms with Gasteiger partial charge in [0.05, 0.1) is 12.1 Å². The smallest absolute Gasteiger partial charge is 0.238 e. The van der Waals surface area contributed by atoms with Gasteiger partial charge in [-0.1, -0.05) is 90.6 Å². The number of ketones is 1. The van der Waals surface area contributed by atoms with Gasteiger partial charge in [0, 0.05) is 11.0 Å². The van der Waals surface area contributed by atoms with Crippen LogP contribution >= 0.6 is 0 Å². The summed E-state index contributed by atoms with van der Waals surface area (Å²) in [5.74, 6) is 0.0987. The molecule has 206 valence electrons. The molecule has 0 bridgehead atoms. The molecule has 0 spiro atoms. The Morgan fingerprint density at radius 2 is 1.50 bits per heavy atom. The first kappa shape index (κ1) is 32.3. The largest absolute Gasteiger partial charge is 0.345 e. The molecule has 0 saturated carbocycles. The predicted molar refractivity (Wildman–Crippen MR) is 153 cm³/mol. The molecule has 0 aliphatic carbocycles. The van der Waals surface area contributed by atoms with Crippen molar-refractivity contribution in [2.45, 2.75) is 136 Å². The minimum Gasteiger partial charge on any atom is -0.345 e. The molecule has 0 heterocycles. The van der Waals surface area contributed by atoms with Crippen molar-refractivity contribution in [1.29, 1.82) is 0 Å². The lowest BCUT2D eigenvalue weighted by atomic mass is 9.75. The molecule has 4 atom stereocenters. The van der Waals surface area contributed by atoms with E-state index in [2.05, 4.69) is 64.3 Å². The van der Waals surface area contributed by atoms with E-state index >= 15 is 0 Å². The summed E-state index contributed by atoms with van der Waals surface area (Å²) in [5, 5.41) is 6.94. The molecule has 1 amide bonds. The molecule has 0 aliphatic heterocycles. The Balaban J connectivity index is 3.20. The zero-order valence-corrected chi connectivity index (χ0v) is 24.1. The van der Waals surface area contributed by atoms with Crippen LogP contribution in [0, 0.1) is 5.41 Å². The molecule has 0 aliphatic rings. The van der Waals surface area contributed by atoms with E-state index in [1.807, 2.05) is 18.2 Å². The van der Waals surface area contributed by atoms with Crippen LogP contribution in [-0.4, -0.2) is 35.9 Å². The summed E-state index contributed by atoms with van der Waals surface area (Å²) in [7, 11) is 0. The summed E-state index contributed by atoms with van der Waals surface area (Å²) in [6.45, 7) is 13.5. The van der Waals surface area contributed by atoms with E-state index in [-0.39, 0.29) is 17.2 Å². The summed E-state index contributed by atoms with van der Waals surface area (Å²) >= 11 is 0. The number of nitrogens with one attached hydrogen (secondary N) is 2. The van der Waals surface area contributed by atoms with Gasteiger partial charge >= 0.3 is 0 Å². The number of benzene rings is 1. The molecule has 0 aromatic heterocycles. The van der Waals surface area contributed by atoms with Crippen LogP contribution in [0.25, 0.3) is 0 Å². The van der Waals surface area contributed by atoms with E-state index in [1.54, 1.807) is 0 Å². The molecule has 4 unspecified atom stereocenters. The van der Waals surface area contributed by atoms with Gasteiger partial charge in [-0.05, 0) is 70.4 Å². The van der Waals surface area contributed by atoms with Crippen molar-refractivity contribution in [2.24, 2.45) is 11.1 Å². The van der Waals surface area contributed by atoms with Gasteiger partial charge < -0.3 is 16.4 Å². The number of hydrogen-bond donors (Lipinski definition) is 3. The monoisotopic (exact) mass is 501 g/mol. The van der Waals surface area contributed by atoms with Crippen molar-refractivity contribution in [3.8, 4) is 0 Å². The van der Waals surface area contributed by atoms with E-state index in [0.29, 0.717) is 19.4 Å². The maximum Gasteiger partial charge on any atom is 0.238 e. The van der Waals surface area contributed by atoms with Crippen molar-refractivity contribution in [3.05, 3.63) is 35.9 Å². The third-order valence-electron chi connectivity index (χ3n) is 8.02. The number of Topliss-reactive ketones (excluding diaryl/α,β-unsaturated/α-hetero) is 1. The Morgan fingerprint density at radius 3 is 2.06 bits per heavy atom. The van der Waals surface area contributed by atoms with Crippen molar-refractivity contribution < 1.29 is 9.59 Å². The maximum absolute atomic E-state index is 13.8. The quantitative estimate of drug-likeness (QED) is 0.182. The number of amides is 1. The highest BCUT2D eigenvalue weighted by Crippen LogP contribution is 2.32. The van der Waals surface area contributed by atoms with Gasteiger partial charge in [0.1, 0.15) is 0 Å². The summed E-state index contributed by atoms with van der Waals surface area (Å²) in [4.78, 5) is 27.7. The number of unbranched alkanes of at least 4 members (excludes halogenated alkanes) is 3. The van der Waals surface area contributed by atoms with Gasteiger partial charge in [0.25, 0.3) is 0 Å². The lowest BCUT2D eigenvalue weighted by Crippen LogP contribution is -2.58. The molecule has 1 aromatic rings. The van der Waals surface area contributed by atoms with Crippen molar-refractivity contribution >= 4 is 11.7 Å². The van der Waals surface area contributed by atoms with Crippen LogP contribution in [0.4, 0.5) is 0 Å². The molecule has 5 nitrogen and oxygen atoms in total. The fraction of sp³-hybridized carbons (Fsp3) is 0.742. The van der Waals surface area contributed by atoms with Gasteiger partial charge in [-0.2, -0.15) is 0 Å². The fourth-order valence-electron chi connectivity index (χ4n) is 4.89. The number of rotatable bonds is 20. The van der Waals surface area contributed by atoms with Gasteiger partial charge in [-0.25, -0.2) is 0 Å². The van der Waals surface area contributed by atoms with Crippen molar-refractivity contribution in [3.63, 3.8) is 0 Å². The van der Waals surface area contributed by atoms with Crippen LogP contribution in [0.3, 0.4) is 0 Å². The number of carbonyl (C=O) groups is 2. The van der Waals surface area contributed by atoms with Crippen LogP contribution in [0.5, 0.6) is 0 Å². The molecule has 5 heteroatoms. The fourth-order valence-corrected chi connectivity index (χ4v) is 4.89. The van der Waals surface area contributed by atoms with Gasteiger partial charge in [-0.15, -0.1) is 0 Å². The molecule has 0 saturated heterocycles. The number of nitrogens with two attached hydrogens (primary N) is 1. The lowest BCUT2D eigenvalue weighted by molar-refractivity contribution is -0.135. The second-order valence-electron chi connectivity index (χ2n) is 11.1. The molecule has 0 fully saturated rings. The summed E-state index contributed by atoms with van der Waals surface area (Å²) in [6, 6.07) is 9.29. The second-order valence-corrected chi connectivity index (χ2v) is 11.1. The second kappa shape index (κ2) is 16.9. The minimum atomic E-state index is -0.477. The molecule has 1 rings (SSSR count). The predicted octanol–water partition coefficient (Wildman–Crippen LogP) is 6.34. The van der Waals surface area contributed by atoms with Crippen LogP contribution in [0.15, 0.2) is 30.3 Å². The molecule has 36 heavy (non-hydrogen) atoms. The Morgan fingerprint density at radius 1 is 0.861 bits per heavy atom. The summed E-state index contributed by atoms with van der Waals surface area (Å²) in [5.41, 5.74) is 6.31. The standard InChI is InChI=1S/C31H55N3O2/c1-7-11-21-30(5,9-3)28(35)26(20-16-17-23-32)33-29(36)27(24-25-18-14-13-15-19-25)34-31(6,10-4)22-12-8-2/h13-15,18-19,26-27,34H,7-12,16-17,20-24,32H2,1-6H3,(H,33,36). The Labute approximate surface area is 221 Å². The number of hydrogen-bond acceptors (Lipinski definition) is 4. The van der Waals surface area contributed by atoms with Crippen molar-refractivity contribution in [1.82, 2.24) is 10.6 Å². The Kier molecular flexibility index (Phi) is 15.2. The van der Waals surface area contributed by atoms with Crippen LogP contribution in [0.1, 0.15) is 118 Å². The van der Waals surface area contributed by atoms with E-state index in [9.17, 15) is 9.59 Å². The molecule has 4 N–H and O–H groups in total. The zero-order chi connectivity index (χ0) is 27.0. The van der Waals surface area contributed by atoms with E-state index in [1.165, 1.54) is 0 Å². The third kappa shape index (κ3) is 10.7. The third-order valence-corrected chi connectivity index (χ3v) is 8.02. The first-order valence-electron chi connectivity index (χ1n) is 14.5. The van der Waals surface area contributed by atoms with Gasteiger partial charge in [-0.3, -0.25) is 9.59 Å². The van der Waals surface area contributed by atoms with E-state index in [0.717, 1.165) is 69.8 Å². The Bertz CT molecular complexity index is 753. The zero-order valence-electron chi connectivity index (χ0n) is 24.1. The lowest BCUT2D eigenvalue weighted by Gasteiger charge is -2.36. The molecule has 0 radical (unpaired) electrons. The van der Waals surface area contributed by atoms with Gasteiger partial charge in [0.2, 0.25) is 5.91 Å². The SMILES string of the molecule is CCCCC(C)(CC)NC(Cc1ccccc1)C(=O)NC(CCCCN)C(=O)C(C)(CC)CCCC. The first-order chi connectivity index (χ1) is 17.2. The first-order valence-corrected chi connectivity index (χ1v) is 14.5. The normalized spacial score (nSPS) is 16.5. The Hall–Kier alpha value is -1.72. The summed E-state index contributed by atoms with van der Waals surface area (Å²) < 4.78 is 0. The van der Waals surface area contributed by atoms with Gasteiger partial charge in [0.15, 0.2) is 5.78 Å². The minimum absolute atomic E-state index is 0.0740. The van der Waals surface area contributed by atoms with E-state index < -0.39 is 17.5 Å². The molecular weight excluding hydrogens is 446 g/mol. The highest BCUT2D eigenvalue weighted by atomic mass is 16.2. The van der Waals surface area contributed by atoms with Crippen LogP contribution in [0.2, 0.25) is 0 Å². The van der Waals surface area contributed by atoms with Crippen molar-refractivity contribution in [2.75, 3.05) is 6.54 Å². The highest BCUT2D eigenvalue weighted by molar-refractivity contribution is 5.94. The summed E-state index contributed by atoms with van der Waals surface area (Å²) in [6.07, 6.45) is 10.8. The number of carbonyl (C=O) groups excluding carboxylic acids is 2. The average Bonchev–Trinajstić information content (AvgIpc) is 2.89. The van der Waals surface area contributed by atoms with Crippen LogP contribution < -0.4 is 16.4 Å².